The zero-order valence-electron chi connectivity index (χ0n) is 17.1. The average molecular weight is 413 g/mol. The van der Waals surface area contributed by atoms with Crippen LogP contribution < -0.4 is 16.9 Å². The number of primary amides is 1. The van der Waals surface area contributed by atoms with Gasteiger partial charge < -0.3 is 20.2 Å². The van der Waals surface area contributed by atoms with Crippen LogP contribution in [-0.4, -0.2) is 62.9 Å². The first-order chi connectivity index (χ1) is 14.4. The molecular weight excluding hydrogens is 386 g/mol. The summed E-state index contributed by atoms with van der Waals surface area (Å²) >= 11 is 0. The first kappa shape index (κ1) is 20.3. The molecule has 2 aliphatic rings. The van der Waals surface area contributed by atoms with Gasteiger partial charge in [0, 0.05) is 31.2 Å². The molecule has 0 aliphatic carbocycles. The predicted molar refractivity (Wildman–Crippen MR) is 112 cm³/mol. The van der Waals surface area contributed by atoms with E-state index in [0.717, 1.165) is 32.2 Å². The summed E-state index contributed by atoms with van der Waals surface area (Å²) in [5, 5.41) is 0. The highest BCUT2D eigenvalue weighted by Gasteiger charge is 2.36. The number of hydrogen-bond acceptors (Lipinski definition) is 5. The number of carbonyl (C=O) groups excluding carboxylic acids is 2. The molecule has 0 spiro atoms. The van der Waals surface area contributed by atoms with Crippen molar-refractivity contribution in [3.63, 3.8) is 0 Å². The normalized spacial score (nSPS) is 20.7. The van der Waals surface area contributed by atoms with Crippen LogP contribution in [0, 0.1) is 0 Å². The van der Waals surface area contributed by atoms with E-state index in [-0.39, 0.29) is 23.9 Å². The minimum atomic E-state index is -0.690. The Labute approximate surface area is 173 Å². The fourth-order valence-electron chi connectivity index (χ4n) is 4.84. The van der Waals surface area contributed by atoms with Gasteiger partial charge in [-0.25, -0.2) is 0 Å². The Hall–Kier alpha value is -2.94. The Morgan fingerprint density at radius 3 is 2.53 bits per heavy atom. The van der Waals surface area contributed by atoms with Crippen molar-refractivity contribution in [2.45, 2.75) is 51.2 Å². The van der Waals surface area contributed by atoms with E-state index in [4.69, 9.17) is 5.73 Å². The maximum Gasteiger partial charge on any atom is 0.316 e. The molecule has 3 heterocycles. The summed E-state index contributed by atoms with van der Waals surface area (Å²) in [5.41, 5.74) is 5.81. The summed E-state index contributed by atoms with van der Waals surface area (Å²) in [7, 11) is 0. The van der Waals surface area contributed by atoms with E-state index in [1.807, 2.05) is 0 Å². The number of H-pyrrole nitrogens is 1. The number of aryl methyl sites for hydroxylation is 1. The van der Waals surface area contributed by atoms with Crippen LogP contribution in [0.5, 0.6) is 0 Å². The summed E-state index contributed by atoms with van der Waals surface area (Å²) in [6.07, 6.45) is 3.39. The van der Waals surface area contributed by atoms with Crippen molar-refractivity contribution in [3.05, 3.63) is 44.5 Å². The number of rotatable bonds is 4. The molecule has 0 bridgehead atoms. The number of nitrogens with zero attached hydrogens (tertiary/aromatic N) is 3. The van der Waals surface area contributed by atoms with Crippen molar-refractivity contribution in [2.75, 3.05) is 19.6 Å². The first-order valence-electron chi connectivity index (χ1n) is 10.5. The van der Waals surface area contributed by atoms with E-state index in [1.54, 1.807) is 30.0 Å². The van der Waals surface area contributed by atoms with Crippen LogP contribution in [0.2, 0.25) is 0 Å². The standard InChI is InChI=1S/C21H27N5O4/c1-2-25-16-6-5-13(12-15(16)23-19(28)21(25)30)20(29)24-10-7-14(8-11-24)26-9-3-4-17(26)18(22)27/h5-6,12,14,17H,2-4,7-11H2,1H3,(H2,22,27)(H,23,28). The van der Waals surface area contributed by atoms with Crippen LogP contribution in [-0.2, 0) is 11.3 Å². The minimum absolute atomic E-state index is 0.0988. The Kier molecular flexibility index (Phi) is 5.46. The largest absolute Gasteiger partial charge is 0.368 e. The zero-order chi connectivity index (χ0) is 21.4. The number of benzene rings is 1. The topological polar surface area (TPSA) is 122 Å². The van der Waals surface area contributed by atoms with Gasteiger partial charge in [0.15, 0.2) is 0 Å². The van der Waals surface area contributed by atoms with Gasteiger partial charge in [-0.3, -0.25) is 24.1 Å². The van der Waals surface area contributed by atoms with Crippen LogP contribution in [0.4, 0.5) is 0 Å². The van der Waals surface area contributed by atoms with Crippen molar-refractivity contribution >= 4 is 22.8 Å². The quantitative estimate of drug-likeness (QED) is 0.697. The van der Waals surface area contributed by atoms with Crippen LogP contribution in [0.1, 0.15) is 43.0 Å². The lowest BCUT2D eigenvalue weighted by atomic mass is 10.0. The highest BCUT2D eigenvalue weighted by atomic mass is 16.2. The van der Waals surface area contributed by atoms with Gasteiger partial charge in [0.1, 0.15) is 0 Å². The van der Waals surface area contributed by atoms with Gasteiger partial charge in [0.25, 0.3) is 5.91 Å². The highest BCUT2D eigenvalue weighted by molar-refractivity contribution is 5.97. The molecule has 4 rings (SSSR count). The van der Waals surface area contributed by atoms with Crippen molar-refractivity contribution < 1.29 is 9.59 Å². The second-order valence-electron chi connectivity index (χ2n) is 8.06. The van der Waals surface area contributed by atoms with E-state index in [0.29, 0.717) is 36.2 Å². The Morgan fingerprint density at radius 2 is 1.87 bits per heavy atom. The lowest BCUT2D eigenvalue weighted by Gasteiger charge is -2.38. The van der Waals surface area contributed by atoms with Gasteiger partial charge in [-0.2, -0.15) is 0 Å². The van der Waals surface area contributed by atoms with Gasteiger partial charge in [-0.15, -0.1) is 0 Å². The van der Waals surface area contributed by atoms with Gasteiger partial charge >= 0.3 is 11.1 Å². The Bertz CT molecular complexity index is 1100. The summed E-state index contributed by atoms with van der Waals surface area (Å²) in [6, 6.07) is 5.12. The van der Waals surface area contributed by atoms with E-state index >= 15 is 0 Å². The molecule has 30 heavy (non-hydrogen) atoms. The Morgan fingerprint density at radius 1 is 1.13 bits per heavy atom. The zero-order valence-corrected chi connectivity index (χ0v) is 17.1. The number of hydrogen-bond donors (Lipinski definition) is 2. The number of carbonyl (C=O) groups is 2. The van der Waals surface area contributed by atoms with Crippen LogP contribution in [0.25, 0.3) is 11.0 Å². The maximum absolute atomic E-state index is 13.0. The fraction of sp³-hybridized carbons (Fsp3) is 0.524. The van der Waals surface area contributed by atoms with Gasteiger partial charge in [0.05, 0.1) is 17.1 Å². The van der Waals surface area contributed by atoms with Crippen molar-refractivity contribution in [3.8, 4) is 0 Å². The SMILES string of the molecule is CCn1c(=O)c(=O)[nH]c2cc(C(=O)N3CCC(N4CCCC4C(N)=O)CC3)ccc21. The monoisotopic (exact) mass is 413 g/mol. The second kappa shape index (κ2) is 8.06. The number of nitrogens with one attached hydrogen (secondary N) is 1. The summed E-state index contributed by atoms with van der Waals surface area (Å²) in [5.74, 6) is -0.361. The molecule has 2 amide bonds. The number of likely N-dealkylation sites (tertiary alicyclic amines) is 2. The van der Waals surface area contributed by atoms with Crippen LogP contribution >= 0.6 is 0 Å². The highest BCUT2D eigenvalue weighted by Crippen LogP contribution is 2.26. The molecule has 2 aliphatic heterocycles. The average Bonchev–Trinajstić information content (AvgIpc) is 3.24. The minimum Gasteiger partial charge on any atom is -0.368 e. The van der Waals surface area contributed by atoms with Crippen molar-refractivity contribution in [1.29, 1.82) is 0 Å². The maximum atomic E-state index is 13.0. The molecule has 1 aromatic heterocycles. The molecule has 1 unspecified atom stereocenters. The summed E-state index contributed by atoms with van der Waals surface area (Å²) < 4.78 is 1.40. The van der Waals surface area contributed by atoms with E-state index in [9.17, 15) is 19.2 Å². The molecule has 0 saturated carbocycles. The van der Waals surface area contributed by atoms with Crippen LogP contribution in [0.3, 0.4) is 0 Å². The van der Waals surface area contributed by atoms with E-state index < -0.39 is 11.1 Å². The van der Waals surface area contributed by atoms with Gasteiger partial charge in [0.2, 0.25) is 5.91 Å². The third-order valence-electron chi connectivity index (χ3n) is 6.38. The third-order valence-corrected chi connectivity index (χ3v) is 6.38. The molecule has 2 saturated heterocycles. The molecule has 3 N–H and O–H groups in total. The van der Waals surface area contributed by atoms with Gasteiger partial charge in [-0.1, -0.05) is 0 Å². The molecule has 0 radical (unpaired) electrons. The number of aromatic nitrogens is 2. The summed E-state index contributed by atoms with van der Waals surface area (Å²) in [4.78, 5) is 55.2. The molecule has 2 fully saturated rings. The Balaban J connectivity index is 1.50. The second-order valence-corrected chi connectivity index (χ2v) is 8.06. The predicted octanol–water partition coefficient (Wildman–Crippen LogP) is 0.264. The molecule has 9 heteroatoms. The summed E-state index contributed by atoms with van der Waals surface area (Å²) in [6.45, 7) is 4.27. The van der Waals surface area contributed by atoms with Gasteiger partial charge in [-0.05, 0) is 57.4 Å². The third kappa shape index (κ3) is 3.54. The van der Waals surface area contributed by atoms with Crippen molar-refractivity contribution in [2.24, 2.45) is 5.73 Å². The molecule has 1 atom stereocenters. The number of nitrogens with two attached hydrogens (primary N) is 1. The number of amides is 2. The lowest BCUT2D eigenvalue weighted by Crippen LogP contribution is -2.51. The lowest BCUT2D eigenvalue weighted by molar-refractivity contribution is -0.123. The number of fused-ring (bicyclic) bond motifs is 1. The van der Waals surface area contributed by atoms with E-state index in [1.165, 1.54) is 4.57 Å². The molecule has 160 valence electrons. The number of piperidine rings is 1. The fourth-order valence-corrected chi connectivity index (χ4v) is 4.84. The molecular formula is C21H27N5O4. The smallest absolute Gasteiger partial charge is 0.316 e. The number of aromatic amines is 1. The van der Waals surface area contributed by atoms with E-state index in [2.05, 4.69) is 9.88 Å². The molecule has 9 nitrogen and oxygen atoms in total. The van der Waals surface area contributed by atoms with Crippen LogP contribution in [0.15, 0.2) is 27.8 Å². The first-order valence-corrected chi connectivity index (χ1v) is 10.5. The molecule has 1 aromatic carbocycles. The van der Waals surface area contributed by atoms with Crippen molar-refractivity contribution in [1.82, 2.24) is 19.4 Å². The molecule has 2 aromatic rings.